The highest BCUT2D eigenvalue weighted by Gasteiger charge is 2.35. The first-order valence-corrected chi connectivity index (χ1v) is 8.76. The summed E-state index contributed by atoms with van der Waals surface area (Å²) >= 11 is 0. The summed E-state index contributed by atoms with van der Waals surface area (Å²) in [5.41, 5.74) is 3.67. The molecule has 1 amide bonds. The van der Waals surface area contributed by atoms with Crippen molar-refractivity contribution in [3.05, 3.63) is 32.6 Å². The van der Waals surface area contributed by atoms with Gasteiger partial charge < -0.3 is 26.0 Å². The summed E-state index contributed by atoms with van der Waals surface area (Å²) in [6, 6.07) is 0. The van der Waals surface area contributed by atoms with E-state index in [0.717, 1.165) is 36.4 Å². The van der Waals surface area contributed by atoms with Crippen LogP contribution in [0, 0.1) is 0 Å². The Bertz CT molecular complexity index is 715. The zero-order chi connectivity index (χ0) is 19.1. The third-order valence-corrected chi connectivity index (χ3v) is 4.32. The van der Waals surface area contributed by atoms with E-state index in [4.69, 9.17) is 15.6 Å². The third-order valence-electron chi connectivity index (χ3n) is 4.32. The molecule has 1 aliphatic rings. The van der Waals surface area contributed by atoms with Crippen molar-refractivity contribution in [2.75, 3.05) is 19.7 Å². The summed E-state index contributed by atoms with van der Waals surface area (Å²) in [6.07, 6.45) is 2.17. The Morgan fingerprint density at radius 1 is 1.35 bits per heavy atom. The van der Waals surface area contributed by atoms with E-state index >= 15 is 0 Å². The van der Waals surface area contributed by atoms with E-state index < -0.39 is 42.2 Å². The molecule has 1 aromatic heterocycles. The molecule has 146 valence electrons. The molecule has 1 aliphatic heterocycles. The number of hydrogen-bond donors (Lipinski definition) is 5. The van der Waals surface area contributed by atoms with Gasteiger partial charge in [-0.3, -0.25) is 19.1 Å². The van der Waals surface area contributed by atoms with Crippen molar-refractivity contribution in [1.82, 2.24) is 14.9 Å². The minimum Gasteiger partial charge on any atom is -0.394 e. The van der Waals surface area contributed by atoms with E-state index in [1.807, 2.05) is 0 Å². The second kappa shape index (κ2) is 9.62. The van der Waals surface area contributed by atoms with E-state index in [9.17, 15) is 19.5 Å². The molecule has 2 heterocycles. The molecule has 0 unspecified atom stereocenters. The van der Waals surface area contributed by atoms with E-state index in [-0.39, 0.29) is 12.0 Å². The van der Waals surface area contributed by atoms with Crippen molar-refractivity contribution in [2.45, 2.75) is 50.5 Å². The van der Waals surface area contributed by atoms with Crippen LogP contribution in [0.1, 0.15) is 48.7 Å². The first-order valence-electron chi connectivity index (χ1n) is 8.76. The van der Waals surface area contributed by atoms with Crippen molar-refractivity contribution >= 4 is 5.91 Å². The number of rotatable bonds is 9. The molecule has 0 aliphatic carbocycles. The smallest absolute Gasteiger partial charge is 0.330 e. The lowest BCUT2D eigenvalue weighted by Gasteiger charge is -2.15. The van der Waals surface area contributed by atoms with Crippen LogP contribution in [0.15, 0.2) is 15.8 Å². The number of amides is 1. The quantitative estimate of drug-likeness (QED) is 0.328. The van der Waals surface area contributed by atoms with E-state index in [2.05, 4.69) is 10.3 Å². The summed E-state index contributed by atoms with van der Waals surface area (Å²) in [5.74, 6) is -0.587. The molecule has 10 nitrogen and oxygen atoms in total. The molecule has 2 rings (SSSR count). The second-order valence-electron chi connectivity index (χ2n) is 6.28. The van der Waals surface area contributed by atoms with Crippen LogP contribution in [0.3, 0.4) is 0 Å². The van der Waals surface area contributed by atoms with E-state index in [1.54, 1.807) is 0 Å². The van der Waals surface area contributed by atoms with Gasteiger partial charge >= 0.3 is 5.69 Å². The van der Waals surface area contributed by atoms with Crippen LogP contribution in [-0.4, -0.2) is 57.6 Å². The molecule has 0 saturated carbocycles. The topological polar surface area (TPSA) is 160 Å². The van der Waals surface area contributed by atoms with Gasteiger partial charge in [0.05, 0.1) is 12.7 Å². The zero-order valence-electron chi connectivity index (χ0n) is 14.5. The number of nitrogens with two attached hydrogens (primary N) is 1. The molecular formula is C16H26N4O6. The second-order valence-corrected chi connectivity index (χ2v) is 6.28. The van der Waals surface area contributed by atoms with Crippen LogP contribution >= 0.6 is 0 Å². The largest absolute Gasteiger partial charge is 0.394 e. The predicted molar refractivity (Wildman–Crippen MR) is 92.8 cm³/mol. The fourth-order valence-corrected chi connectivity index (χ4v) is 2.83. The number of aliphatic hydroxyl groups is 2. The van der Waals surface area contributed by atoms with Gasteiger partial charge in [0.15, 0.2) is 0 Å². The van der Waals surface area contributed by atoms with E-state index in [1.165, 1.54) is 0 Å². The summed E-state index contributed by atoms with van der Waals surface area (Å²) < 4.78 is 6.45. The van der Waals surface area contributed by atoms with Crippen LogP contribution in [0.2, 0.25) is 0 Å². The first-order chi connectivity index (χ1) is 12.5. The number of aromatic nitrogens is 2. The Morgan fingerprint density at radius 3 is 2.73 bits per heavy atom. The van der Waals surface area contributed by atoms with Crippen LogP contribution < -0.4 is 22.3 Å². The molecule has 6 N–H and O–H groups in total. The maximum absolute atomic E-state index is 12.2. The Kier molecular flexibility index (Phi) is 7.51. The van der Waals surface area contributed by atoms with Crippen molar-refractivity contribution in [3.8, 4) is 0 Å². The number of ether oxygens (including phenoxy) is 1. The average molecular weight is 370 g/mol. The lowest BCUT2D eigenvalue weighted by atomic mass is 10.2. The normalized spacial score (nSPS) is 22.5. The maximum atomic E-state index is 12.2. The molecule has 0 spiro atoms. The number of aliphatic hydroxyl groups excluding tert-OH is 2. The molecule has 3 atom stereocenters. The molecule has 0 radical (unpaired) electrons. The van der Waals surface area contributed by atoms with Crippen LogP contribution in [-0.2, 0) is 4.74 Å². The predicted octanol–water partition coefficient (Wildman–Crippen LogP) is -1.57. The highest BCUT2D eigenvalue weighted by atomic mass is 16.5. The van der Waals surface area contributed by atoms with E-state index in [0.29, 0.717) is 13.1 Å². The Hall–Kier alpha value is -2.01. The lowest BCUT2D eigenvalue weighted by molar-refractivity contribution is -0.0459. The highest BCUT2D eigenvalue weighted by Crippen LogP contribution is 2.27. The molecule has 0 aromatic carbocycles. The Labute approximate surface area is 150 Å². The van der Waals surface area contributed by atoms with Gasteiger partial charge in [0.25, 0.3) is 11.5 Å². The maximum Gasteiger partial charge on any atom is 0.330 e. The zero-order valence-corrected chi connectivity index (χ0v) is 14.5. The Balaban J connectivity index is 2.04. The number of nitrogens with one attached hydrogen (secondary N) is 2. The average Bonchev–Trinajstić information content (AvgIpc) is 2.98. The number of aromatic amines is 1. The summed E-state index contributed by atoms with van der Waals surface area (Å²) in [6.45, 7) is 0.652. The highest BCUT2D eigenvalue weighted by molar-refractivity contribution is 5.93. The lowest BCUT2D eigenvalue weighted by Crippen LogP contribution is -2.38. The van der Waals surface area contributed by atoms with Crippen molar-refractivity contribution in [1.29, 1.82) is 0 Å². The van der Waals surface area contributed by atoms with Gasteiger partial charge in [-0.2, -0.15) is 0 Å². The Morgan fingerprint density at radius 2 is 2.08 bits per heavy atom. The molecular weight excluding hydrogens is 344 g/mol. The molecule has 26 heavy (non-hydrogen) atoms. The SMILES string of the molecule is NCCCCCCNC(=O)c1cn([C@H]2C[C@H](O)[C@@H](CO)O2)c(=O)[nH]c1=O. The molecule has 0 bridgehead atoms. The molecule has 1 saturated heterocycles. The summed E-state index contributed by atoms with van der Waals surface area (Å²) in [7, 11) is 0. The number of hydrogen-bond acceptors (Lipinski definition) is 7. The molecule has 1 aromatic rings. The monoisotopic (exact) mass is 370 g/mol. The van der Waals surface area contributed by atoms with Crippen LogP contribution in [0.4, 0.5) is 0 Å². The fourth-order valence-electron chi connectivity index (χ4n) is 2.83. The standard InChI is InChI=1S/C16H26N4O6/c17-5-3-1-2-4-6-18-14(23)10-8-20(16(25)19-15(10)24)13-7-11(22)12(9-21)26-13/h8,11-13,21-22H,1-7,9,17H2,(H,18,23)(H,19,24,25)/t11-,12+,13+/m0/s1. The van der Waals surface area contributed by atoms with Gasteiger partial charge in [0.2, 0.25) is 0 Å². The minimum absolute atomic E-state index is 0.0688. The molecule has 1 fully saturated rings. The summed E-state index contributed by atoms with van der Waals surface area (Å²) in [5, 5.41) is 21.6. The van der Waals surface area contributed by atoms with Crippen molar-refractivity contribution in [3.63, 3.8) is 0 Å². The number of carbonyl (C=O) groups is 1. The van der Waals surface area contributed by atoms with Gasteiger partial charge in [-0.05, 0) is 19.4 Å². The van der Waals surface area contributed by atoms with Crippen molar-refractivity contribution < 1.29 is 19.7 Å². The number of nitrogens with zero attached hydrogens (tertiary/aromatic N) is 1. The van der Waals surface area contributed by atoms with Gasteiger partial charge in [0.1, 0.15) is 17.9 Å². The number of H-pyrrole nitrogens is 1. The number of unbranched alkanes of at least 4 members (excludes halogenated alkanes) is 3. The molecule has 10 heteroatoms. The third kappa shape index (κ3) is 5.01. The first kappa shape index (κ1) is 20.3. The minimum atomic E-state index is -0.936. The van der Waals surface area contributed by atoms with Crippen LogP contribution in [0.5, 0.6) is 0 Å². The van der Waals surface area contributed by atoms with Gasteiger partial charge in [0, 0.05) is 19.2 Å². The van der Waals surface area contributed by atoms with Crippen molar-refractivity contribution in [2.24, 2.45) is 5.73 Å². The van der Waals surface area contributed by atoms with Gasteiger partial charge in [-0.1, -0.05) is 12.8 Å². The number of carbonyl (C=O) groups excluding carboxylic acids is 1. The van der Waals surface area contributed by atoms with Gasteiger partial charge in [-0.15, -0.1) is 0 Å². The van der Waals surface area contributed by atoms with Gasteiger partial charge in [-0.25, -0.2) is 4.79 Å². The van der Waals surface area contributed by atoms with Crippen LogP contribution in [0.25, 0.3) is 0 Å². The fraction of sp³-hybridized carbons (Fsp3) is 0.688. The summed E-state index contributed by atoms with van der Waals surface area (Å²) in [4.78, 5) is 38.2.